The molecule has 6 nitrogen and oxygen atoms in total. The molecular weight excluding hydrogens is 440 g/mol. The molecule has 0 atom stereocenters. The van der Waals surface area contributed by atoms with Crippen molar-refractivity contribution in [2.45, 2.75) is 33.3 Å². The van der Waals surface area contributed by atoms with Gasteiger partial charge in [0.2, 0.25) is 0 Å². The standard InChI is InChI=1S/C26H27F2N3O3/c1-26(2)13-15-29(16-14-26)30(20-11-7-4-8-12-20)24-22(31(32)33)17-21(27)25(23(24)28)34-18-19-9-5-3-6-10-19/h3-12,17H,13-16,18H2,1-2H3. The summed E-state index contributed by atoms with van der Waals surface area (Å²) in [5.41, 5.74) is 0.385. The highest BCUT2D eigenvalue weighted by atomic mass is 19.1. The summed E-state index contributed by atoms with van der Waals surface area (Å²) in [5.74, 6) is -2.85. The van der Waals surface area contributed by atoms with E-state index < -0.39 is 28.0 Å². The van der Waals surface area contributed by atoms with E-state index in [2.05, 4.69) is 13.8 Å². The molecule has 1 heterocycles. The van der Waals surface area contributed by atoms with Crippen molar-refractivity contribution in [1.29, 1.82) is 0 Å². The monoisotopic (exact) mass is 467 g/mol. The number of piperidine rings is 1. The number of ether oxygens (including phenoxy) is 1. The lowest BCUT2D eigenvalue weighted by molar-refractivity contribution is -0.384. The number of anilines is 2. The van der Waals surface area contributed by atoms with Gasteiger partial charge in [0, 0.05) is 13.1 Å². The van der Waals surface area contributed by atoms with Crippen LogP contribution in [0.25, 0.3) is 0 Å². The van der Waals surface area contributed by atoms with Crippen molar-refractivity contribution in [3.8, 4) is 5.75 Å². The molecule has 0 bridgehead atoms. The fraction of sp³-hybridized carbons (Fsp3) is 0.308. The van der Waals surface area contributed by atoms with Crippen LogP contribution < -0.4 is 9.75 Å². The van der Waals surface area contributed by atoms with Gasteiger partial charge in [-0.3, -0.25) is 15.1 Å². The maximum absolute atomic E-state index is 16.0. The predicted octanol–water partition coefficient (Wildman–Crippen LogP) is 6.63. The van der Waals surface area contributed by atoms with Gasteiger partial charge in [-0.1, -0.05) is 62.4 Å². The summed E-state index contributed by atoms with van der Waals surface area (Å²) in [4.78, 5) is 11.2. The lowest BCUT2D eigenvalue weighted by atomic mass is 9.83. The minimum absolute atomic E-state index is 0.0742. The Morgan fingerprint density at radius 3 is 2.21 bits per heavy atom. The first kappa shape index (κ1) is 23.6. The Hall–Kier alpha value is -3.52. The molecule has 4 rings (SSSR count). The van der Waals surface area contributed by atoms with E-state index in [-0.39, 0.29) is 17.7 Å². The zero-order chi connectivity index (χ0) is 24.3. The van der Waals surface area contributed by atoms with Gasteiger partial charge in [0.25, 0.3) is 0 Å². The molecule has 0 N–H and O–H groups in total. The van der Waals surface area contributed by atoms with Crippen molar-refractivity contribution < 1.29 is 18.4 Å². The summed E-state index contributed by atoms with van der Waals surface area (Å²) >= 11 is 0. The van der Waals surface area contributed by atoms with Gasteiger partial charge in [-0.15, -0.1) is 0 Å². The van der Waals surface area contributed by atoms with Gasteiger partial charge >= 0.3 is 5.69 Å². The molecule has 3 aromatic carbocycles. The maximum atomic E-state index is 16.0. The van der Waals surface area contributed by atoms with Crippen LogP contribution in [0.15, 0.2) is 66.7 Å². The van der Waals surface area contributed by atoms with Crippen LogP contribution in [0.5, 0.6) is 5.75 Å². The molecule has 0 amide bonds. The van der Waals surface area contributed by atoms with Gasteiger partial charge in [0.05, 0.1) is 16.7 Å². The van der Waals surface area contributed by atoms with E-state index in [0.29, 0.717) is 18.8 Å². The number of hydrogen-bond acceptors (Lipinski definition) is 5. The first-order valence-corrected chi connectivity index (χ1v) is 11.2. The lowest BCUT2D eigenvalue weighted by Gasteiger charge is -2.43. The fourth-order valence-corrected chi connectivity index (χ4v) is 4.08. The van der Waals surface area contributed by atoms with Crippen LogP contribution in [0.4, 0.5) is 25.8 Å². The normalized spacial score (nSPS) is 15.6. The number of hydrazine groups is 1. The average molecular weight is 468 g/mol. The van der Waals surface area contributed by atoms with Gasteiger partial charge in [0.15, 0.2) is 23.1 Å². The lowest BCUT2D eigenvalue weighted by Crippen LogP contribution is -2.47. The number of benzene rings is 3. The van der Waals surface area contributed by atoms with E-state index in [1.807, 2.05) is 17.1 Å². The van der Waals surface area contributed by atoms with Gasteiger partial charge in [0.1, 0.15) is 6.61 Å². The highest BCUT2D eigenvalue weighted by Gasteiger charge is 2.36. The van der Waals surface area contributed by atoms with Crippen LogP contribution in [0.3, 0.4) is 0 Å². The highest BCUT2D eigenvalue weighted by Crippen LogP contribution is 2.44. The summed E-state index contributed by atoms with van der Waals surface area (Å²) in [6.07, 6.45) is 1.65. The van der Waals surface area contributed by atoms with Crippen LogP contribution in [0.2, 0.25) is 0 Å². The molecule has 3 aromatic rings. The summed E-state index contributed by atoms with van der Waals surface area (Å²) in [7, 11) is 0. The van der Waals surface area contributed by atoms with Gasteiger partial charge in [-0.2, -0.15) is 0 Å². The van der Waals surface area contributed by atoms with Crippen LogP contribution >= 0.6 is 0 Å². The largest absolute Gasteiger partial charge is 0.483 e. The van der Waals surface area contributed by atoms with Crippen LogP contribution in [0.1, 0.15) is 32.3 Å². The van der Waals surface area contributed by atoms with Crippen LogP contribution in [-0.2, 0) is 6.61 Å². The van der Waals surface area contributed by atoms with Crippen molar-refractivity contribution in [2.75, 3.05) is 18.1 Å². The number of rotatable bonds is 7. The van der Waals surface area contributed by atoms with Gasteiger partial charge < -0.3 is 4.74 Å². The maximum Gasteiger partial charge on any atom is 0.300 e. The molecule has 0 aliphatic carbocycles. The molecule has 34 heavy (non-hydrogen) atoms. The molecule has 1 aliphatic heterocycles. The van der Waals surface area contributed by atoms with E-state index >= 15 is 4.39 Å². The molecule has 178 valence electrons. The second kappa shape index (κ2) is 9.77. The second-order valence-electron chi connectivity index (χ2n) is 9.17. The number of nitro groups is 1. The summed E-state index contributed by atoms with van der Waals surface area (Å²) in [5, 5.41) is 15.3. The molecular formula is C26H27F2N3O3. The van der Waals surface area contributed by atoms with E-state index in [1.54, 1.807) is 48.5 Å². The van der Waals surface area contributed by atoms with Crippen molar-refractivity contribution in [3.05, 3.63) is 94.0 Å². The first-order valence-electron chi connectivity index (χ1n) is 11.2. The average Bonchev–Trinajstić information content (AvgIpc) is 2.82. The summed E-state index contributed by atoms with van der Waals surface area (Å²) < 4.78 is 36.3. The van der Waals surface area contributed by atoms with Gasteiger partial charge in [-0.05, 0) is 36.0 Å². The van der Waals surface area contributed by atoms with Crippen molar-refractivity contribution in [2.24, 2.45) is 5.41 Å². The third kappa shape index (κ3) is 5.02. The fourth-order valence-electron chi connectivity index (χ4n) is 4.08. The molecule has 0 unspecified atom stereocenters. The number of para-hydroxylation sites is 1. The topological polar surface area (TPSA) is 58.9 Å². The minimum Gasteiger partial charge on any atom is -0.483 e. The van der Waals surface area contributed by atoms with Crippen LogP contribution in [-0.4, -0.2) is 23.0 Å². The zero-order valence-corrected chi connectivity index (χ0v) is 19.2. The third-order valence-corrected chi connectivity index (χ3v) is 6.14. The zero-order valence-electron chi connectivity index (χ0n) is 19.2. The number of nitrogens with zero attached hydrogens (tertiary/aromatic N) is 3. The van der Waals surface area contributed by atoms with E-state index in [0.717, 1.165) is 24.5 Å². The molecule has 0 aromatic heterocycles. The molecule has 1 aliphatic rings. The van der Waals surface area contributed by atoms with Crippen molar-refractivity contribution in [1.82, 2.24) is 5.01 Å². The molecule has 8 heteroatoms. The Kier molecular flexibility index (Phi) is 6.79. The SMILES string of the molecule is CC1(C)CCN(N(c2ccccc2)c2c([N+](=O)[O-])cc(F)c(OCc3ccccc3)c2F)CC1. The molecule has 1 saturated heterocycles. The Morgan fingerprint density at radius 1 is 1.03 bits per heavy atom. The minimum atomic E-state index is -1.11. The number of halogens is 2. The number of hydrogen-bond donors (Lipinski definition) is 0. The Bertz CT molecular complexity index is 1150. The smallest absolute Gasteiger partial charge is 0.300 e. The van der Waals surface area contributed by atoms with E-state index in [9.17, 15) is 14.5 Å². The van der Waals surface area contributed by atoms with Crippen LogP contribution in [0, 0.1) is 27.2 Å². The Morgan fingerprint density at radius 2 is 1.62 bits per heavy atom. The summed E-state index contributed by atoms with van der Waals surface area (Å²) in [6.45, 7) is 5.38. The van der Waals surface area contributed by atoms with Gasteiger partial charge in [-0.25, -0.2) is 13.8 Å². The molecule has 0 radical (unpaired) electrons. The van der Waals surface area contributed by atoms with E-state index in [4.69, 9.17) is 4.74 Å². The first-order chi connectivity index (χ1) is 16.3. The quantitative estimate of drug-likeness (QED) is 0.288. The third-order valence-electron chi connectivity index (χ3n) is 6.14. The summed E-state index contributed by atoms with van der Waals surface area (Å²) in [6, 6.07) is 18.5. The predicted molar refractivity (Wildman–Crippen MR) is 127 cm³/mol. The second-order valence-corrected chi connectivity index (χ2v) is 9.17. The highest BCUT2D eigenvalue weighted by molar-refractivity contribution is 5.74. The number of nitro benzene ring substituents is 1. The molecule has 0 saturated carbocycles. The van der Waals surface area contributed by atoms with Crippen molar-refractivity contribution >= 4 is 17.1 Å². The van der Waals surface area contributed by atoms with Crippen molar-refractivity contribution in [3.63, 3.8) is 0 Å². The Balaban J connectivity index is 1.81. The molecule has 1 fully saturated rings. The Labute approximate surface area is 197 Å². The molecule has 0 spiro atoms. The van der Waals surface area contributed by atoms with E-state index in [1.165, 1.54) is 5.01 Å².